The van der Waals surface area contributed by atoms with Gasteiger partial charge in [-0.05, 0) is 23.6 Å². The number of rotatable bonds is 2. The molecule has 0 unspecified atom stereocenters. The van der Waals surface area contributed by atoms with Gasteiger partial charge in [-0.2, -0.15) is 0 Å². The maximum absolute atomic E-state index is 11.7. The van der Waals surface area contributed by atoms with Crippen LogP contribution in [0.2, 0.25) is 0 Å². The lowest BCUT2D eigenvalue weighted by Crippen LogP contribution is -2.35. The van der Waals surface area contributed by atoms with E-state index in [4.69, 9.17) is 4.42 Å². The average molecular weight is 247 g/mol. The number of oxazole rings is 1. The SMILES string of the molecule is CC(C)(C)CNC(=O)Nc1ccc2ocnc2c1. The smallest absolute Gasteiger partial charge is 0.319 e. The van der Waals surface area contributed by atoms with E-state index >= 15 is 0 Å². The second-order valence-electron chi connectivity index (χ2n) is 5.40. The molecule has 0 aliphatic heterocycles. The van der Waals surface area contributed by atoms with Crippen LogP contribution in [-0.2, 0) is 0 Å². The van der Waals surface area contributed by atoms with Gasteiger partial charge in [0, 0.05) is 12.2 Å². The summed E-state index contributed by atoms with van der Waals surface area (Å²) in [6.45, 7) is 6.81. The van der Waals surface area contributed by atoms with Crippen molar-refractivity contribution in [1.29, 1.82) is 0 Å². The fourth-order valence-corrected chi connectivity index (χ4v) is 1.46. The van der Waals surface area contributed by atoms with Crippen molar-refractivity contribution in [3.05, 3.63) is 24.6 Å². The van der Waals surface area contributed by atoms with Crippen LogP contribution in [-0.4, -0.2) is 17.6 Å². The quantitative estimate of drug-likeness (QED) is 0.857. The van der Waals surface area contributed by atoms with Gasteiger partial charge in [-0.3, -0.25) is 0 Å². The maximum Gasteiger partial charge on any atom is 0.319 e. The summed E-state index contributed by atoms with van der Waals surface area (Å²) in [5.41, 5.74) is 2.19. The molecular formula is C13H17N3O2. The Labute approximate surface area is 106 Å². The molecule has 0 spiro atoms. The van der Waals surface area contributed by atoms with E-state index in [2.05, 4.69) is 36.4 Å². The number of nitrogens with zero attached hydrogens (tertiary/aromatic N) is 1. The molecule has 2 amide bonds. The summed E-state index contributed by atoms with van der Waals surface area (Å²) in [6.07, 6.45) is 1.38. The molecule has 0 aliphatic carbocycles. The second-order valence-corrected chi connectivity index (χ2v) is 5.40. The number of nitrogens with one attached hydrogen (secondary N) is 2. The molecule has 5 nitrogen and oxygen atoms in total. The van der Waals surface area contributed by atoms with Crippen molar-refractivity contribution in [2.24, 2.45) is 5.41 Å². The van der Waals surface area contributed by atoms with Gasteiger partial charge in [-0.1, -0.05) is 20.8 Å². The van der Waals surface area contributed by atoms with Gasteiger partial charge in [-0.25, -0.2) is 9.78 Å². The van der Waals surface area contributed by atoms with Gasteiger partial charge in [0.1, 0.15) is 5.52 Å². The number of amides is 2. The van der Waals surface area contributed by atoms with Crippen LogP contribution in [0.3, 0.4) is 0 Å². The largest absolute Gasteiger partial charge is 0.443 e. The highest BCUT2D eigenvalue weighted by Gasteiger charge is 2.12. The van der Waals surface area contributed by atoms with Crippen LogP contribution in [0, 0.1) is 5.41 Å². The number of carbonyl (C=O) groups excluding carboxylic acids is 1. The van der Waals surface area contributed by atoms with Crippen molar-refractivity contribution in [3.63, 3.8) is 0 Å². The monoisotopic (exact) mass is 247 g/mol. The number of hydrogen-bond acceptors (Lipinski definition) is 3. The Morgan fingerprint density at radius 3 is 2.89 bits per heavy atom. The van der Waals surface area contributed by atoms with Crippen LogP contribution in [0.15, 0.2) is 29.0 Å². The Balaban J connectivity index is 1.98. The van der Waals surface area contributed by atoms with E-state index in [-0.39, 0.29) is 11.4 Å². The number of carbonyl (C=O) groups is 1. The first-order valence-electron chi connectivity index (χ1n) is 5.82. The number of benzene rings is 1. The zero-order chi connectivity index (χ0) is 13.2. The predicted octanol–water partition coefficient (Wildman–Crippen LogP) is 3.00. The van der Waals surface area contributed by atoms with Crippen molar-refractivity contribution >= 4 is 22.8 Å². The van der Waals surface area contributed by atoms with Gasteiger partial charge in [-0.15, -0.1) is 0 Å². The van der Waals surface area contributed by atoms with Crippen LogP contribution in [0.1, 0.15) is 20.8 Å². The lowest BCUT2D eigenvalue weighted by molar-refractivity contribution is 0.247. The third kappa shape index (κ3) is 3.23. The van der Waals surface area contributed by atoms with Crippen LogP contribution >= 0.6 is 0 Å². The lowest BCUT2D eigenvalue weighted by atomic mass is 9.97. The molecule has 18 heavy (non-hydrogen) atoms. The highest BCUT2D eigenvalue weighted by atomic mass is 16.3. The van der Waals surface area contributed by atoms with Crippen LogP contribution in [0.5, 0.6) is 0 Å². The molecule has 1 aromatic heterocycles. The molecule has 1 heterocycles. The van der Waals surface area contributed by atoms with Crippen LogP contribution in [0.4, 0.5) is 10.5 Å². The Morgan fingerprint density at radius 1 is 1.39 bits per heavy atom. The second kappa shape index (κ2) is 4.68. The summed E-state index contributed by atoms with van der Waals surface area (Å²) in [5.74, 6) is 0. The lowest BCUT2D eigenvalue weighted by Gasteiger charge is -2.18. The molecule has 0 saturated carbocycles. The predicted molar refractivity (Wildman–Crippen MR) is 70.5 cm³/mol. The van der Waals surface area contributed by atoms with Gasteiger partial charge < -0.3 is 15.1 Å². The van der Waals surface area contributed by atoms with E-state index in [9.17, 15) is 4.79 Å². The molecular weight excluding hydrogens is 230 g/mol. The van der Waals surface area contributed by atoms with Gasteiger partial charge in [0.25, 0.3) is 0 Å². The summed E-state index contributed by atoms with van der Waals surface area (Å²) >= 11 is 0. The summed E-state index contributed by atoms with van der Waals surface area (Å²) in [4.78, 5) is 15.7. The number of aromatic nitrogens is 1. The number of hydrogen-bond donors (Lipinski definition) is 2. The highest BCUT2D eigenvalue weighted by Crippen LogP contribution is 2.17. The van der Waals surface area contributed by atoms with Crippen LogP contribution < -0.4 is 10.6 Å². The number of anilines is 1. The summed E-state index contributed by atoms with van der Waals surface area (Å²) in [6, 6.07) is 5.12. The first-order chi connectivity index (χ1) is 8.44. The summed E-state index contributed by atoms with van der Waals surface area (Å²) in [7, 11) is 0. The molecule has 5 heteroatoms. The molecule has 2 rings (SSSR count). The fourth-order valence-electron chi connectivity index (χ4n) is 1.46. The Morgan fingerprint density at radius 2 is 2.17 bits per heavy atom. The first-order valence-corrected chi connectivity index (χ1v) is 5.82. The Hall–Kier alpha value is -2.04. The average Bonchev–Trinajstić information content (AvgIpc) is 2.72. The Bertz CT molecular complexity index is 555. The molecule has 2 N–H and O–H groups in total. The fraction of sp³-hybridized carbons (Fsp3) is 0.385. The molecule has 1 aromatic carbocycles. The minimum Gasteiger partial charge on any atom is -0.443 e. The van der Waals surface area contributed by atoms with Crippen molar-refractivity contribution < 1.29 is 9.21 Å². The molecule has 2 aromatic rings. The van der Waals surface area contributed by atoms with E-state index in [0.29, 0.717) is 17.8 Å². The summed E-state index contributed by atoms with van der Waals surface area (Å²) < 4.78 is 5.13. The molecule has 0 aliphatic rings. The zero-order valence-corrected chi connectivity index (χ0v) is 10.8. The van der Waals surface area contributed by atoms with E-state index in [1.165, 1.54) is 6.39 Å². The minimum absolute atomic E-state index is 0.0629. The number of urea groups is 1. The van der Waals surface area contributed by atoms with Crippen molar-refractivity contribution in [3.8, 4) is 0 Å². The topological polar surface area (TPSA) is 67.2 Å². The third-order valence-corrected chi connectivity index (χ3v) is 2.37. The molecule has 96 valence electrons. The minimum atomic E-state index is -0.215. The third-order valence-electron chi connectivity index (χ3n) is 2.37. The zero-order valence-electron chi connectivity index (χ0n) is 10.8. The Kier molecular flexibility index (Phi) is 3.23. The van der Waals surface area contributed by atoms with E-state index in [1.54, 1.807) is 18.2 Å². The van der Waals surface area contributed by atoms with Gasteiger partial charge >= 0.3 is 6.03 Å². The van der Waals surface area contributed by atoms with Gasteiger partial charge in [0.05, 0.1) is 0 Å². The van der Waals surface area contributed by atoms with Crippen molar-refractivity contribution in [2.75, 3.05) is 11.9 Å². The molecule has 0 fully saturated rings. The molecule has 0 atom stereocenters. The summed E-state index contributed by atoms with van der Waals surface area (Å²) in [5, 5.41) is 5.58. The van der Waals surface area contributed by atoms with E-state index in [1.807, 2.05) is 0 Å². The maximum atomic E-state index is 11.7. The highest BCUT2D eigenvalue weighted by molar-refractivity contribution is 5.91. The molecule has 0 saturated heterocycles. The van der Waals surface area contributed by atoms with Crippen molar-refractivity contribution in [2.45, 2.75) is 20.8 Å². The van der Waals surface area contributed by atoms with E-state index in [0.717, 1.165) is 5.52 Å². The van der Waals surface area contributed by atoms with Gasteiger partial charge in [0.15, 0.2) is 12.0 Å². The van der Waals surface area contributed by atoms with Crippen LogP contribution in [0.25, 0.3) is 11.1 Å². The molecule has 0 bridgehead atoms. The standard InChI is InChI=1S/C13H17N3O2/c1-13(2,3)7-14-12(17)16-9-4-5-11-10(6-9)15-8-18-11/h4-6,8H,7H2,1-3H3,(H2,14,16,17). The normalized spacial score (nSPS) is 11.5. The van der Waals surface area contributed by atoms with E-state index < -0.39 is 0 Å². The van der Waals surface area contributed by atoms with Crippen molar-refractivity contribution in [1.82, 2.24) is 10.3 Å². The first kappa shape index (κ1) is 12.4. The van der Waals surface area contributed by atoms with Gasteiger partial charge in [0.2, 0.25) is 0 Å². The number of fused-ring (bicyclic) bond motifs is 1. The molecule has 0 radical (unpaired) electrons.